The van der Waals surface area contributed by atoms with E-state index < -0.39 is 0 Å². The fourth-order valence-electron chi connectivity index (χ4n) is 1.71. The highest BCUT2D eigenvalue weighted by molar-refractivity contribution is 5.75. The van der Waals surface area contributed by atoms with E-state index in [9.17, 15) is 9.59 Å². The lowest BCUT2D eigenvalue weighted by molar-refractivity contribution is -0.117. The van der Waals surface area contributed by atoms with Crippen molar-refractivity contribution in [2.75, 3.05) is 0 Å². The zero-order chi connectivity index (χ0) is 12.6. The number of rotatable bonds is 8. The Bertz CT molecular complexity index is 249. The monoisotopic (exact) mass is 224 g/mol. The molecule has 0 saturated heterocycles. The van der Waals surface area contributed by atoms with Gasteiger partial charge in [-0.05, 0) is 46.0 Å². The molecule has 0 heterocycles. The van der Waals surface area contributed by atoms with E-state index in [-0.39, 0.29) is 11.7 Å². The number of hydrogen-bond acceptors (Lipinski definition) is 2. The Hall–Kier alpha value is -0.920. The average Bonchev–Trinajstić information content (AvgIpc) is 2.17. The van der Waals surface area contributed by atoms with Crippen molar-refractivity contribution in [2.24, 2.45) is 11.8 Å². The summed E-state index contributed by atoms with van der Waals surface area (Å²) in [6.07, 6.45) is 6.48. The molecule has 0 fully saturated rings. The first kappa shape index (κ1) is 15.1. The summed E-state index contributed by atoms with van der Waals surface area (Å²) in [5.41, 5.74) is 1.32. The van der Waals surface area contributed by atoms with Gasteiger partial charge in [-0.3, -0.25) is 0 Å². The SMILES string of the molecule is CC(=O)CC[C@H](C=O)[C@@H](C)CCC=C(C)C. The summed E-state index contributed by atoms with van der Waals surface area (Å²) >= 11 is 0. The molecule has 0 aliphatic heterocycles. The van der Waals surface area contributed by atoms with Crippen molar-refractivity contribution >= 4 is 12.1 Å². The van der Waals surface area contributed by atoms with Gasteiger partial charge in [0.05, 0.1) is 0 Å². The van der Waals surface area contributed by atoms with Crippen molar-refractivity contribution in [3.05, 3.63) is 11.6 Å². The van der Waals surface area contributed by atoms with E-state index in [1.165, 1.54) is 5.57 Å². The summed E-state index contributed by atoms with van der Waals surface area (Å²) < 4.78 is 0. The molecule has 16 heavy (non-hydrogen) atoms. The number of allylic oxidation sites excluding steroid dienone is 2. The van der Waals surface area contributed by atoms with Crippen LogP contribution in [0.15, 0.2) is 11.6 Å². The van der Waals surface area contributed by atoms with Crippen LogP contribution in [0.1, 0.15) is 53.4 Å². The maximum atomic E-state index is 10.9. The van der Waals surface area contributed by atoms with Gasteiger partial charge in [0.1, 0.15) is 12.1 Å². The molecule has 0 spiro atoms. The van der Waals surface area contributed by atoms with Gasteiger partial charge in [0.25, 0.3) is 0 Å². The second kappa shape index (κ2) is 8.26. The maximum absolute atomic E-state index is 10.9. The van der Waals surface area contributed by atoms with E-state index in [1.54, 1.807) is 6.92 Å². The highest BCUT2D eigenvalue weighted by atomic mass is 16.1. The molecule has 0 amide bonds. The molecular formula is C14H24O2. The zero-order valence-corrected chi connectivity index (χ0v) is 11.0. The largest absolute Gasteiger partial charge is 0.303 e. The summed E-state index contributed by atoms with van der Waals surface area (Å²) in [5, 5.41) is 0. The minimum absolute atomic E-state index is 0.0365. The van der Waals surface area contributed by atoms with E-state index in [0.717, 1.165) is 19.1 Å². The summed E-state index contributed by atoms with van der Waals surface area (Å²) in [7, 11) is 0. The normalized spacial score (nSPS) is 14.0. The van der Waals surface area contributed by atoms with Crippen molar-refractivity contribution in [3.63, 3.8) is 0 Å². The second-order valence-corrected chi connectivity index (χ2v) is 4.88. The summed E-state index contributed by atoms with van der Waals surface area (Å²) in [6.45, 7) is 7.84. The molecule has 0 aromatic carbocycles. The van der Waals surface area contributed by atoms with Crippen molar-refractivity contribution < 1.29 is 9.59 Å². The molecule has 0 bridgehead atoms. The molecule has 0 aliphatic rings. The molecule has 0 radical (unpaired) electrons. The van der Waals surface area contributed by atoms with Crippen LogP contribution in [0.3, 0.4) is 0 Å². The summed E-state index contributed by atoms with van der Waals surface area (Å²) in [5.74, 6) is 0.574. The van der Waals surface area contributed by atoms with Gasteiger partial charge in [0.15, 0.2) is 0 Å². The zero-order valence-electron chi connectivity index (χ0n) is 11.0. The smallest absolute Gasteiger partial charge is 0.129 e. The minimum Gasteiger partial charge on any atom is -0.303 e. The molecule has 0 unspecified atom stereocenters. The standard InChI is InChI=1S/C14H24O2/c1-11(2)6-5-7-12(3)14(10-15)9-8-13(4)16/h6,10,12,14H,5,7-9H2,1-4H3/t12-,14+/m0/s1. The molecule has 0 aromatic heterocycles. The van der Waals surface area contributed by atoms with Gasteiger partial charge >= 0.3 is 0 Å². The van der Waals surface area contributed by atoms with E-state index in [4.69, 9.17) is 0 Å². The fourth-order valence-corrected chi connectivity index (χ4v) is 1.71. The number of Topliss-reactive ketones (excluding diaryl/α,β-unsaturated/α-hetero) is 1. The van der Waals surface area contributed by atoms with Crippen LogP contribution >= 0.6 is 0 Å². The van der Waals surface area contributed by atoms with Crippen molar-refractivity contribution in [1.29, 1.82) is 0 Å². The number of carbonyl (C=O) groups excluding carboxylic acids is 2. The Balaban J connectivity index is 4.00. The average molecular weight is 224 g/mol. The van der Waals surface area contributed by atoms with Crippen LogP contribution in [0, 0.1) is 11.8 Å². The molecule has 0 N–H and O–H groups in total. The van der Waals surface area contributed by atoms with Crippen LogP contribution < -0.4 is 0 Å². The lowest BCUT2D eigenvalue weighted by Crippen LogP contribution is -2.14. The fraction of sp³-hybridized carbons (Fsp3) is 0.714. The van der Waals surface area contributed by atoms with E-state index in [2.05, 4.69) is 26.8 Å². The van der Waals surface area contributed by atoms with Gasteiger partial charge in [-0.2, -0.15) is 0 Å². The predicted octanol–water partition coefficient (Wildman–Crippen LogP) is 3.55. The Morgan fingerprint density at radius 2 is 1.81 bits per heavy atom. The maximum Gasteiger partial charge on any atom is 0.129 e. The van der Waals surface area contributed by atoms with Crippen molar-refractivity contribution in [3.8, 4) is 0 Å². The van der Waals surface area contributed by atoms with Crippen molar-refractivity contribution in [2.45, 2.75) is 53.4 Å². The number of carbonyl (C=O) groups is 2. The van der Waals surface area contributed by atoms with Crippen LogP contribution in [0.25, 0.3) is 0 Å². The molecule has 92 valence electrons. The highest BCUT2D eigenvalue weighted by Crippen LogP contribution is 2.21. The number of aldehydes is 1. The summed E-state index contributed by atoms with van der Waals surface area (Å²) in [4.78, 5) is 21.8. The van der Waals surface area contributed by atoms with Crippen LogP contribution in [0.2, 0.25) is 0 Å². The topological polar surface area (TPSA) is 34.1 Å². The predicted molar refractivity (Wildman–Crippen MR) is 67.3 cm³/mol. The first-order valence-electron chi connectivity index (χ1n) is 6.05. The molecular weight excluding hydrogens is 200 g/mol. The minimum atomic E-state index is 0.0365. The lowest BCUT2D eigenvalue weighted by atomic mass is 9.87. The molecule has 2 nitrogen and oxygen atoms in total. The van der Waals surface area contributed by atoms with Gasteiger partial charge < -0.3 is 9.59 Å². The molecule has 2 heteroatoms. The third kappa shape index (κ3) is 7.38. The van der Waals surface area contributed by atoms with E-state index in [0.29, 0.717) is 18.8 Å². The summed E-state index contributed by atoms with van der Waals surface area (Å²) in [6, 6.07) is 0. The Morgan fingerprint density at radius 3 is 2.25 bits per heavy atom. The van der Waals surface area contributed by atoms with Crippen LogP contribution in [0.4, 0.5) is 0 Å². The number of ketones is 1. The molecule has 0 rings (SSSR count). The quantitative estimate of drug-likeness (QED) is 0.466. The third-order valence-electron chi connectivity index (χ3n) is 2.91. The molecule has 2 atom stereocenters. The Morgan fingerprint density at radius 1 is 1.19 bits per heavy atom. The molecule has 0 aliphatic carbocycles. The first-order chi connectivity index (χ1) is 7.47. The van der Waals surface area contributed by atoms with E-state index in [1.807, 2.05) is 0 Å². The van der Waals surface area contributed by atoms with Gasteiger partial charge in [0, 0.05) is 12.3 Å². The molecule has 0 aromatic rings. The highest BCUT2D eigenvalue weighted by Gasteiger charge is 2.16. The first-order valence-corrected chi connectivity index (χ1v) is 6.05. The van der Waals surface area contributed by atoms with Crippen LogP contribution in [0.5, 0.6) is 0 Å². The third-order valence-corrected chi connectivity index (χ3v) is 2.91. The van der Waals surface area contributed by atoms with E-state index >= 15 is 0 Å². The molecule has 0 saturated carbocycles. The van der Waals surface area contributed by atoms with Crippen LogP contribution in [-0.4, -0.2) is 12.1 Å². The van der Waals surface area contributed by atoms with Gasteiger partial charge in [0.2, 0.25) is 0 Å². The lowest BCUT2D eigenvalue weighted by Gasteiger charge is -2.17. The van der Waals surface area contributed by atoms with Gasteiger partial charge in [-0.15, -0.1) is 0 Å². The Labute approximate surface area is 99.1 Å². The Kier molecular flexibility index (Phi) is 7.78. The van der Waals surface area contributed by atoms with Gasteiger partial charge in [-0.25, -0.2) is 0 Å². The second-order valence-electron chi connectivity index (χ2n) is 4.88. The number of hydrogen-bond donors (Lipinski definition) is 0. The van der Waals surface area contributed by atoms with Crippen LogP contribution in [-0.2, 0) is 9.59 Å². The van der Waals surface area contributed by atoms with Crippen molar-refractivity contribution in [1.82, 2.24) is 0 Å². The van der Waals surface area contributed by atoms with Gasteiger partial charge in [-0.1, -0.05) is 18.6 Å².